The van der Waals surface area contributed by atoms with E-state index in [1.54, 1.807) is 34.7 Å². The van der Waals surface area contributed by atoms with Gasteiger partial charge in [-0.05, 0) is 42.8 Å². The molecule has 1 N–H and O–H groups in total. The Morgan fingerprint density at radius 3 is 2.24 bits per heavy atom. The second-order valence-electron chi connectivity index (χ2n) is 9.08. The van der Waals surface area contributed by atoms with E-state index in [0.717, 1.165) is 12.1 Å². The van der Waals surface area contributed by atoms with Gasteiger partial charge in [-0.3, -0.25) is 9.12 Å². The van der Waals surface area contributed by atoms with Crippen LogP contribution in [0.3, 0.4) is 0 Å². The molecule has 0 fully saturated rings. The molecule has 4 aromatic rings. The Labute approximate surface area is 246 Å². The fraction of sp³-hybridized carbons (Fsp3) is 0.250. The first-order valence-corrected chi connectivity index (χ1v) is 14.6. The zero-order valence-corrected chi connectivity index (χ0v) is 24.5. The van der Waals surface area contributed by atoms with Gasteiger partial charge in [-0.15, -0.1) is 0 Å². The van der Waals surface area contributed by atoms with Crippen LogP contribution >= 0.6 is 12.6 Å². The molecule has 0 radical (unpaired) electrons. The van der Waals surface area contributed by atoms with Gasteiger partial charge in [-0.25, -0.2) is 18.2 Å². The van der Waals surface area contributed by atoms with E-state index in [2.05, 4.69) is 17.6 Å². The summed E-state index contributed by atoms with van der Waals surface area (Å²) in [5.41, 5.74) is 0.730. The van der Waals surface area contributed by atoms with Crippen LogP contribution in [0.15, 0.2) is 60.8 Å². The molecular formula is C28H28F3N3O6S2. The first-order chi connectivity index (χ1) is 19.9. The first kappa shape index (κ1) is 31.1. The lowest BCUT2D eigenvalue weighted by atomic mass is 10.1. The highest BCUT2D eigenvalue weighted by Gasteiger charge is 2.27. The van der Waals surface area contributed by atoms with Crippen molar-refractivity contribution in [2.24, 2.45) is 0 Å². The Morgan fingerprint density at radius 1 is 1.00 bits per heavy atom. The standard InChI is InChI=1S/C28H28F3N3O6S2/c1-33(19-9-10-23(38-2)24(13-19)39-3)25-16-32-28(34(25)18-7-5-17(29)6-8-18)27(41)26-21(30)14-20(15-22(26)31)40-11-4-12-42(35,36)37/h5-10,13-16,27,41H,4,11-12H2,1-3H3,(H,35,36,37). The molecule has 14 heteroatoms. The highest BCUT2D eigenvalue weighted by Crippen LogP contribution is 2.39. The predicted molar refractivity (Wildman–Crippen MR) is 155 cm³/mol. The van der Waals surface area contributed by atoms with Crippen molar-refractivity contribution in [2.75, 3.05) is 38.5 Å². The molecule has 3 aromatic carbocycles. The van der Waals surface area contributed by atoms with Gasteiger partial charge in [0.05, 0.1) is 38.0 Å². The largest absolute Gasteiger partial charge is 0.493 e. The minimum atomic E-state index is -4.19. The van der Waals surface area contributed by atoms with Gasteiger partial charge in [0.1, 0.15) is 34.8 Å². The summed E-state index contributed by atoms with van der Waals surface area (Å²) in [5.74, 6) is -1.51. The summed E-state index contributed by atoms with van der Waals surface area (Å²) < 4.78 is 92.5. The molecule has 1 aromatic heterocycles. The monoisotopic (exact) mass is 623 g/mol. The number of aromatic nitrogens is 2. The van der Waals surface area contributed by atoms with Crippen molar-refractivity contribution in [1.29, 1.82) is 0 Å². The molecule has 0 saturated heterocycles. The minimum Gasteiger partial charge on any atom is -0.493 e. The minimum absolute atomic E-state index is 0.0789. The molecule has 0 aliphatic carbocycles. The Bertz CT molecular complexity index is 1640. The first-order valence-electron chi connectivity index (χ1n) is 12.5. The average Bonchev–Trinajstić information content (AvgIpc) is 3.39. The van der Waals surface area contributed by atoms with Gasteiger partial charge in [0.2, 0.25) is 0 Å². The number of anilines is 2. The van der Waals surface area contributed by atoms with Gasteiger partial charge in [-0.2, -0.15) is 21.0 Å². The number of halogens is 3. The van der Waals surface area contributed by atoms with Crippen molar-refractivity contribution in [2.45, 2.75) is 11.7 Å². The molecule has 9 nitrogen and oxygen atoms in total. The Balaban J connectivity index is 1.73. The number of thiol groups is 1. The van der Waals surface area contributed by atoms with Crippen LogP contribution in [0.2, 0.25) is 0 Å². The van der Waals surface area contributed by atoms with Crippen LogP contribution in [-0.2, 0) is 10.1 Å². The SMILES string of the molecule is COc1ccc(N(C)c2cnc(C(S)c3c(F)cc(OCCCS(=O)(=O)O)cc3F)n2-c2ccc(F)cc2)cc1OC. The predicted octanol–water partition coefficient (Wildman–Crippen LogP) is 5.75. The fourth-order valence-corrected chi connectivity index (χ4v) is 5.18. The number of hydrogen-bond donors (Lipinski definition) is 2. The molecule has 4 rings (SSSR count). The molecule has 0 aliphatic heterocycles. The van der Waals surface area contributed by atoms with E-state index in [0.29, 0.717) is 28.7 Å². The lowest BCUT2D eigenvalue weighted by molar-refractivity contribution is 0.312. The summed E-state index contributed by atoms with van der Waals surface area (Å²) in [6.07, 6.45) is 1.42. The van der Waals surface area contributed by atoms with E-state index in [-0.39, 0.29) is 24.6 Å². The van der Waals surface area contributed by atoms with Gasteiger partial charge < -0.3 is 19.1 Å². The third-order valence-corrected chi connectivity index (χ3v) is 7.63. The maximum Gasteiger partial charge on any atom is 0.264 e. The van der Waals surface area contributed by atoms with Gasteiger partial charge in [0.25, 0.3) is 10.1 Å². The molecule has 0 amide bonds. The lowest BCUT2D eigenvalue weighted by Gasteiger charge is -2.24. The topological polar surface area (TPSA) is 103 Å². The second-order valence-corrected chi connectivity index (χ2v) is 11.2. The van der Waals surface area contributed by atoms with E-state index >= 15 is 8.78 Å². The summed E-state index contributed by atoms with van der Waals surface area (Å²) >= 11 is 4.54. The van der Waals surface area contributed by atoms with Gasteiger partial charge in [0, 0.05) is 42.2 Å². The molecule has 0 aliphatic rings. The quantitative estimate of drug-likeness (QED) is 0.117. The van der Waals surface area contributed by atoms with Crippen molar-refractivity contribution in [3.05, 3.63) is 89.6 Å². The van der Waals surface area contributed by atoms with Crippen molar-refractivity contribution in [3.8, 4) is 22.9 Å². The van der Waals surface area contributed by atoms with Crippen LogP contribution < -0.4 is 19.1 Å². The van der Waals surface area contributed by atoms with Gasteiger partial charge in [0.15, 0.2) is 11.5 Å². The number of imidazole rings is 1. The maximum atomic E-state index is 15.3. The molecule has 0 bridgehead atoms. The van der Waals surface area contributed by atoms with E-state index in [1.165, 1.54) is 44.7 Å². The fourth-order valence-electron chi connectivity index (χ4n) is 4.27. The zero-order valence-electron chi connectivity index (χ0n) is 22.8. The van der Waals surface area contributed by atoms with Crippen LogP contribution in [0.4, 0.5) is 24.7 Å². The second kappa shape index (κ2) is 13.0. The van der Waals surface area contributed by atoms with E-state index in [9.17, 15) is 12.8 Å². The van der Waals surface area contributed by atoms with E-state index < -0.39 is 44.1 Å². The number of rotatable bonds is 12. The van der Waals surface area contributed by atoms with Gasteiger partial charge >= 0.3 is 0 Å². The molecule has 0 spiro atoms. The average molecular weight is 624 g/mol. The number of nitrogens with zero attached hydrogens (tertiary/aromatic N) is 3. The molecule has 1 heterocycles. The Morgan fingerprint density at radius 2 is 1.64 bits per heavy atom. The van der Waals surface area contributed by atoms with Crippen LogP contribution in [-0.4, -0.2) is 56.1 Å². The number of benzene rings is 3. The number of methoxy groups -OCH3 is 2. The third kappa shape index (κ3) is 6.94. The van der Waals surface area contributed by atoms with Crippen molar-refractivity contribution in [1.82, 2.24) is 9.55 Å². The third-order valence-electron chi connectivity index (χ3n) is 6.34. The summed E-state index contributed by atoms with van der Waals surface area (Å²) in [5, 5.41) is -1.21. The maximum absolute atomic E-state index is 15.3. The number of hydrogen-bond acceptors (Lipinski definition) is 8. The van der Waals surface area contributed by atoms with Crippen molar-refractivity contribution >= 4 is 34.3 Å². The highest BCUT2D eigenvalue weighted by molar-refractivity contribution is 7.85. The molecule has 1 atom stereocenters. The Hall–Kier alpha value is -3.88. The van der Waals surface area contributed by atoms with Crippen LogP contribution in [0, 0.1) is 17.5 Å². The molecular weight excluding hydrogens is 595 g/mol. The zero-order chi connectivity index (χ0) is 30.6. The summed E-state index contributed by atoms with van der Waals surface area (Å²) in [4.78, 5) is 6.21. The molecule has 0 saturated carbocycles. The van der Waals surface area contributed by atoms with E-state index in [4.69, 9.17) is 18.8 Å². The van der Waals surface area contributed by atoms with Gasteiger partial charge in [-0.1, -0.05) is 0 Å². The smallest absolute Gasteiger partial charge is 0.264 e. The molecule has 1 unspecified atom stereocenters. The highest BCUT2D eigenvalue weighted by atomic mass is 32.2. The number of ether oxygens (including phenoxy) is 3. The van der Waals surface area contributed by atoms with Crippen LogP contribution in [0.25, 0.3) is 5.69 Å². The lowest BCUT2D eigenvalue weighted by Crippen LogP contribution is -2.16. The molecule has 42 heavy (non-hydrogen) atoms. The summed E-state index contributed by atoms with van der Waals surface area (Å²) in [7, 11) is 0.595. The summed E-state index contributed by atoms with van der Waals surface area (Å²) in [6.45, 7) is -0.191. The molecule has 224 valence electrons. The van der Waals surface area contributed by atoms with E-state index in [1.807, 2.05) is 0 Å². The summed E-state index contributed by atoms with van der Waals surface area (Å²) in [6, 6.07) is 12.7. The van der Waals surface area contributed by atoms with Crippen LogP contribution in [0.1, 0.15) is 23.1 Å². The Kier molecular flexibility index (Phi) is 9.59. The van der Waals surface area contributed by atoms with Crippen LogP contribution in [0.5, 0.6) is 17.2 Å². The normalized spacial score (nSPS) is 12.2. The van der Waals surface area contributed by atoms with Crippen molar-refractivity contribution < 1.29 is 40.4 Å². The van der Waals surface area contributed by atoms with Crippen molar-refractivity contribution in [3.63, 3.8) is 0 Å².